The van der Waals surface area contributed by atoms with Gasteiger partial charge in [0.05, 0.1) is 6.07 Å². The number of benzene rings is 2. The highest BCUT2D eigenvalue weighted by Gasteiger charge is 2.42. The number of rotatable bonds is 9. The monoisotopic (exact) mass is 398 g/mol. The molecule has 2 nitrogen and oxygen atoms in total. The van der Waals surface area contributed by atoms with E-state index in [-0.39, 0.29) is 5.92 Å². The van der Waals surface area contributed by atoms with Crippen molar-refractivity contribution < 1.29 is 8.78 Å². The van der Waals surface area contributed by atoms with Gasteiger partial charge in [-0.1, -0.05) is 61.5 Å². The predicted octanol–water partition coefficient (Wildman–Crippen LogP) is 6.22. The fraction of sp³-hybridized carbons (Fsp3) is 0.480. The lowest BCUT2D eigenvalue weighted by atomic mass is 9.76. The Morgan fingerprint density at radius 3 is 2.21 bits per heavy atom. The Kier molecular flexibility index (Phi) is 9.80. The van der Waals surface area contributed by atoms with Crippen molar-refractivity contribution in [1.82, 2.24) is 4.90 Å². The summed E-state index contributed by atoms with van der Waals surface area (Å²) < 4.78 is 26.5. The van der Waals surface area contributed by atoms with Crippen molar-refractivity contribution in [3.63, 3.8) is 0 Å². The van der Waals surface area contributed by atoms with Crippen LogP contribution in [0.25, 0.3) is 0 Å². The van der Waals surface area contributed by atoms with Gasteiger partial charge in [0.25, 0.3) is 0 Å². The van der Waals surface area contributed by atoms with Crippen molar-refractivity contribution in [1.29, 1.82) is 5.26 Å². The molecule has 1 aliphatic carbocycles. The lowest BCUT2D eigenvalue weighted by molar-refractivity contribution is 0.0428. The van der Waals surface area contributed by atoms with E-state index in [1.807, 2.05) is 12.1 Å². The van der Waals surface area contributed by atoms with E-state index in [1.165, 1.54) is 18.1 Å². The van der Waals surface area contributed by atoms with Crippen LogP contribution in [0.1, 0.15) is 55.7 Å². The molecule has 4 heteroatoms. The molecule has 1 saturated carbocycles. The summed E-state index contributed by atoms with van der Waals surface area (Å²) in [5.41, 5.74) is 3.57. The second-order valence-electron chi connectivity index (χ2n) is 7.63. The van der Waals surface area contributed by atoms with Crippen molar-refractivity contribution in [2.24, 2.45) is 0 Å². The first-order chi connectivity index (χ1) is 14.1. The van der Waals surface area contributed by atoms with Gasteiger partial charge in [0, 0.05) is 19.4 Å². The molecule has 156 valence electrons. The molecule has 0 bridgehead atoms. The molecule has 2 aromatic rings. The van der Waals surface area contributed by atoms with Crippen molar-refractivity contribution in [3.8, 4) is 6.07 Å². The number of aryl methyl sites for hydroxylation is 1. The molecule has 2 aromatic carbocycles. The molecule has 0 amide bonds. The summed E-state index contributed by atoms with van der Waals surface area (Å²) in [4.78, 5) is 2.51. The molecule has 0 N–H and O–H groups in total. The summed E-state index contributed by atoms with van der Waals surface area (Å²) in [5, 5.41) is 7.32. The normalized spacial score (nSPS) is 20.3. The summed E-state index contributed by atoms with van der Waals surface area (Å²) in [6.07, 6.45) is 1.02. The van der Waals surface area contributed by atoms with Gasteiger partial charge in [-0.3, -0.25) is 4.90 Å². The molecular weight excluding hydrogens is 366 g/mol. The summed E-state index contributed by atoms with van der Waals surface area (Å²) in [5.74, 6) is -0.245. The Hall–Kier alpha value is -2.25. The van der Waals surface area contributed by atoms with E-state index in [4.69, 9.17) is 5.26 Å². The molecule has 0 heterocycles. The van der Waals surface area contributed by atoms with E-state index >= 15 is 0 Å². The van der Waals surface area contributed by atoms with Gasteiger partial charge in [0.1, 0.15) is 12.3 Å². The minimum absolute atomic E-state index is 0.245. The SMILES string of the molecule is CC#N.CCCN(CCCc1ccc(C2CC(F)C2F)cc1)Cc1ccccc1. The number of nitrogens with zero attached hydrogens (tertiary/aromatic N) is 2. The van der Waals surface area contributed by atoms with Gasteiger partial charge in [0.15, 0.2) is 0 Å². The van der Waals surface area contributed by atoms with E-state index in [9.17, 15) is 8.78 Å². The topological polar surface area (TPSA) is 27.0 Å². The Bertz CT molecular complexity index is 740. The Morgan fingerprint density at radius 2 is 1.66 bits per heavy atom. The van der Waals surface area contributed by atoms with Crippen LogP contribution in [0.4, 0.5) is 8.78 Å². The average Bonchev–Trinajstić information content (AvgIpc) is 2.74. The molecule has 3 rings (SSSR count). The van der Waals surface area contributed by atoms with Crippen LogP contribution < -0.4 is 0 Å². The third-order valence-corrected chi connectivity index (χ3v) is 5.35. The zero-order chi connectivity index (χ0) is 21.1. The third-order valence-electron chi connectivity index (χ3n) is 5.35. The molecule has 3 unspecified atom stereocenters. The first-order valence-corrected chi connectivity index (χ1v) is 10.5. The molecule has 3 atom stereocenters. The minimum atomic E-state index is -1.32. The van der Waals surface area contributed by atoms with E-state index in [0.717, 1.165) is 44.5 Å². The summed E-state index contributed by atoms with van der Waals surface area (Å²) in [7, 11) is 0. The first-order valence-electron chi connectivity index (χ1n) is 10.5. The maximum atomic E-state index is 13.5. The van der Waals surface area contributed by atoms with Crippen LogP contribution >= 0.6 is 0 Å². The van der Waals surface area contributed by atoms with E-state index < -0.39 is 12.3 Å². The zero-order valence-electron chi connectivity index (χ0n) is 17.5. The Balaban J connectivity index is 0.000000941. The highest BCUT2D eigenvalue weighted by atomic mass is 19.2. The van der Waals surface area contributed by atoms with Gasteiger partial charge >= 0.3 is 0 Å². The van der Waals surface area contributed by atoms with Crippen molar-refractivity contribution in [2.75, 3.05) is 13.1 Å². The lowest BCUT2D eigenvalue weighted by Gasteiger charge is -2.34. The molecular formula is C25H32F2N2. The van der Waals surface area contributed by atoms with Gasteiger partial charge in [-0.25, -0.2) is 8.78 Å². The van der Waals surface area contributed by atoms with Crippen LogP contribution in [0.3, 0.4) is 0 Å². The van der Waals surface area contributed by atoms with Crippen LogP contribution in [-0.4, -0.2) is 30.3 Å². The number of alkyl halides is 2. The standard InChI is InChI=1S/C23H29F2N.C2H3N/c1-2-14-26(17-19-7-4-3-5-8-19)15-6-9-18-10-12-20(13-11-18)21-16-22(24)23(21)25;1-2-3/h3-5,7-8,10-13,21-23H,2,6,9,14-17H2,1H3;1H3. The maximum Gasteiger partial charge on any atom is 0.138 e. The Labute approximate surface area is 174 Å². The number of hydrogen-bond acceptors (Lipinski definition) is 2. The summed E-state index contributed by atoms with van der Waals surface area (Å²) >= 11 is 0. The molecule has 1 aliphatic rings. The van der Waals surface area contributed by atoms with E-state index in [0.29, 0.717) is 6.42 Å². The van der Waals surface area contributed by atoms with Crippen LogP contribution in [0.5, 0.6) is 0 Å². The van der Waals surface area contributed by atoms with Crippen molar-refractivity contribution >= 4 is 0 Å². The molecule has 0 radical (unpaired) electrons. The smallest absolute Gasteiger partial charge is 0.138 e. The second-order valence-corrected chi connectivity index (χ2v) is 7.63. The largest absolute Gasteiger partial charge is 0.299 e. The van der Waals surface area contributed by atoms with Gasteiger partial charge < -0.3 is 0 Å². The fourth-order valence-corrected chi connectivity index (χ4v) is 3.74. The van der Waals surface area contributed by atoms with Crippen molar-refractivity contribution in [2.45, 2.75) is 64.3 Å². The lowest BCUT2D eigenvalue weighted by Crippen LogP contribution is -2.38. The third kappa shape index (κ3) is 7.25. The van der Waals surface area contributed by atoms with Gasteiger partial charge in [0.2, 0.25) is 0 Å². The van der Waals surface area contributed by atoms with Gasteiger partial charge in [-0.05, 0) is 55.5 Å². The zero-order valence-corrected chi connectivity index (χ0v) is 17.5. The van der Waals surface area contributed by atoms with E-state index in [2.05, 4.69) is 54.3 Å². The number of nitriles is 1. The van der Waals surface area contributed by atoms with Gasteiger partial charge in [-0.2, -0.15) is 5.26 Å². The Morgan fingerprint density at radius 1 is 1.00 bits per heavy atom. The van der Waals surface area contributed by atoms with Crippen molar-refractivity contribution in [3.05, 3.63) is 71.3 Å². The van der Waals surface area contributed by atoms with Crippen LogP contribution in [0.15, 0.2) is 54.6 Å². The molecule has 0 spiro atoms. The van der Waals surface area contributed by atoms with Crippen LogP contribution in [0.2, 0.25) is 0 Å². The molecule has 29 heavy (non-hydrogen) atoms. The molecule has 0 aliphatic heterocycles. The van der Waals surface area contributed by atoms with Crippen LogP contribution in [0, 0.1) is 11.3 Å². The molecule has 0 saturated heterocycles. The van der Waals surface area contributed by atoms with E-state index in [1.54, 1.807) is 6.07 Å². The molecule has 0 aromatic heterocycles. The highest BCUT2D eigenvalue weighted by molar-refractivity contribution is 5.29. The number of halogens is 2. The second kappa shape index (κ2) is 12.3. The summed E-state index contributed by atoms with van der Waals surface area (Å²) in [6.45, 7) is 6.83. The van der Waals surface area contributed by atoms with Crippen LogP contribution in [-0.2, 0) is 13.0 Å². The number of hydrogen-bond donors (Lipinski definition) is 0. The summed E-state index contributed by atoms with van der Waals surface area (Å²) in [6, 6.07) is 20.5. The highest BCUT2D eigenvalue weighted by Crippen LogP contribution is 2.41. The minimum Gasteiger partial charge on any atom is -0.299 e. The maximum absolute atomic E-state index is 13.5. The quantitative estimate of drug-likeness (QED) is 0.501. The molecule has 1 fully saturated rings. The fourth-order valence-electron chi connectivity index (χ4n) is 3.74. The van der Waals surface area contributed by atoms with Gasteiger partial charge in [-0.15, -0.1) is 0 Å². The predicted molar refractivity (Wildman–Crippen MR) is 115 cm³/mol. The average molecular weight is 399 g/mol. The first kappa shape index (κ1) is 23.0.